The number of piperazine rings is 1. The highest BCUT2D eigenvalue weighted by Crippen LogP contribution is 2.24. The summed E-state index contributed by atoms with van der Waals surface area (Å²) in [6.07, 6.45) is 0. The van der Waals surface area contributed by atoms with E-state index in [4.69, 9.17) is 11.6 Å². The van der Waals surface area contributed by atoms with Gasteiger partial charge in [-0.15, -0.1) is 23.7 Å². The predicted octanol–water partition coefficient (Wildman–Crippen LogP) is 2.62. The molecule has 0 radical (unpaired) electrons. The Labute approximate surface area is 106 Å². The van der Waals surface area contributed by atoms with Gasteiger partial charge >= 0.3 is 0 Å². The number of halogens is 2. The van der Waals surface area contributed by atoms with Gasteiger partial charge in [0.15, 0.2) is 0 Å². The zero-order chi connectivity index (χ0) is 9.97. The van der Waals surface area contributed by atoms with Crippen LogP contribution in [0.15, 0.2) is 11.4 Å². The summed E-state index contributed by atoms with van der Waals surface area (Å²) >= 11 is 7.83. The van der Waals surface area contributed by atoms with Crippen molar-refractivity contribution < 1.29 is 0 Å². The Morgan fingerprint density at radius 3 is 3.07 bits per heavy atom. The second kappa shape index (κ2) is 6.06. The maximum Gasteiger partial charge on any atom is 0.0558 e. The molecule has 1 aromatic heterocycles. The third-order valence-electron chi connectivity index (χ3n) is 2.68. The molecule has 0 bridgehead atoms. The highest BCUT2D eigenvalue weighted by Gasteiger charge is 2.18. The molecular formula is C10H16Cl2N2S. The number of nitrogens with zero attached hydrogens (tertiary/aromatic N) is 1. The van der Waals surface area contributed by atoms with Crippen molar-refractivity contribution in [3.05, 3.63) is 21.3 Å². The highest BCUT2D eigenvalue weighted by atomic mass is 35.5. The fraction of sp³-hybridized carbons (Fsp3) is 0.600. The predicted molar refractivity (Wildman–Crippen MR) is 69.3 cm³/mol. The molecule has 0 aromatic carbocycles. The fourth-order valence-corrected chi connectivity index (χ4v) is 2.86. The third kappa shape index (κ3) is 3.33. The SMILES string of the molecule is CC1CNCCN1Cc1sccc1Cl.Cl. The Morgan fingerprint density at radius 2 is 2.47 bits per heavy atom. The Hall–Kier alpha value is 0.200. The summed E-state index contributed by atoms with van der Waals surface area (Å²) < 4.78 is 0. The van der Waals surface area contributed by atoms with Crippen molar-refractivity contribution >= 4 is 35.3 Å². The molecule has 0 saturated carbocycles. The van der Waals surface area contributed by atoms with E-state index < -0.39 is 0 Å². The summed E-state index contributed by atoms with van der Waals surface area (Å²) in [7, 11) is 0. The quantitative estimate of drug-likeness (QED) is 0.886. The molecule has 1 atom stereocenters. The van der Waals surface area contributed by atoms with Crippen LogP contribution in [0.25, 0.3) is 0 Å². The van der Waals surface area contributed by atoms with Crippen molar-refractivity contribution in [1.82, 2.24) is 10.2 Å². The van der Waals surface area contributed by atoms with Crippen LogP contribution < -0.4 is 5.32 Å². The standard InChI is InChI=1S/C10H15ClN2S.ClH/c1-8-6-12-3-4-13(8)7-10-9(11)2-5-14-10;/h2,5,8,12H,3-4,6-7H2,1H3;1H. The molecule has 0 amide bonds. The first-order valence-electron chi connectivity index (χ1n) is 4.94. The zero-order valence-electron chi connectivity index (χ0n) is 8.70. The van der Waals surface area contributed by atoms with E-state index in [1.54, 1.807) is 11.3 Å². The molecular weight excluding hydrogens is 251 g/mol. The van der Waals surface area contributed by atoms with Crippen LogP contribution in [0, 0.1) is 0 Å². The lowest BCUT2D eigenvalue weighted by Crippen LogP contribution is -2.49. The first-order valence-corrected chi connectivity index (χ1v) is 6.20. The number of thiophene rings is 1. The molecule has 0 spiro atoms. The smallest absolute Gasteiger partial charge is 0.0558 e. The van der Waals surface area contributed by atoms with Crippen LogP contribution in [-0.2, 0) is 6.54 Å². The van der Waals surface area contributed by atoms with Gasteiger partial charge in [0.1, 0.15) is 0 Å². The lowest BCUT2D eigenvalue weighted by molar-refractivity contribution is 0.167. The van der Waals surface area contributed by atoms with E-state index in [1.165, 1.54) is 4.88 Å². The molecule has 1 aromatic rings. The Kier molecular flexibility index (Phi) is 5.36. The number of rotatable bonds is 2. The third-order valence-corrected chi connectivity index (χ3v) is 4.05. The van der Waals surface area contributed by atoms with Crippen molar-refractivity contribution in [3.8, 4) is 0 Å². The molecule has 0 aliphatic carbocycles. The van der Waals surface area contributed by atoms with E-state index in [1.807, 2.05) is 6.07 Å². The highest BCUT2D eigenvalue weighted by molar-refractivity contribution is 7.10. The number of hydrogen-bond acceptors (Lipinski definition) is 3. The fourth-order valence-electron chi connectivity index (χ4n) is 1.74. The van der Waals surface area contributed by atoms with Crippen LogP contribution in [0.1, 0.15) is 11.8 Å². The van der Waals surface area contributed by atoms with Crippen LogP contribution >= 0.6 is 35.3 Å². The molecule has 2 heterocycles. The molecule has 2 rings (SSSR count). The van der Waals surface area contributed by atoms with Crippen molar-refractivity contribution in [2.24, 2.45) is 0 Å². The van der Waals surface area contributed by atoms with Gasteiger partial charge < -0.3 is 5.32 Å². The summed E-state index contributed by atoms with van der Waals surface area (Å²) in [5.74, 6) is 0. The van der Waals surface area contributed by atoms with E-state index in [9.17, 15) is 0 Å². The number of hydrogen-bond donors (Lipinski definition) is 1. The Bertz CT molecular complexity index is 303. The summed E-state index contributed by atoms with van der Waals surface area (Å²) in [5, 5.41) is 6.36. The average molecular weight is 267 g/mol. The van der Waals surface area contributed by atoms with Gasteiger partial charge in [-0.05, 0) is 18.4 Å². The zero-order valence-corrected chi connectivity index (χ0v) is 11.1. The summed E-state index contributed by atoms with van der Waals surface area (Å²) in [4.78, 5) is 3.77. The van der Waals surface area contributed by atoms with Crippen molar-refractivity contribution in [1.29, 1.82) is 0 Å². The largest absolute Gasteiger partial charge is 0.314 e. The number of nitrogens with one attached hydrogen (secondary N) is 1. The minimum absolute atomic E-state index is 0. The van der Waals surface area contributed by atoms with E-state index >= 15 is 0 Å². The topological polar surface area (TPSA) is 15.3 Å². The van der Waals surface area contributed by atoms with E-state index in [-0.39, 0.29) is 12.4 Å². The second-order valence-corrected chi connectivity index (χ2v) is 5.12. The van der Waals surface area contributed by atoms with E-state index in [0.717, 1.165) is 31.2 Å². The molecule has 1 unspecified atom stereocenters. The molecule has 5 heteroatoms. The lowest BCUT2D eigenvalue weighted by atomic mass is 10.2. The summed E-state index contributed by atoms with van der Waals surface area (Å²) in [5.41, 5.74) is 0. The van der Waals surface area contributed by atoms with Crippen LogP contribution in [0.4, 0.5) is 0 Å². The van der Waals surface area contributed by atoms with Crippen LogP contribution in [0.3, 0.4) is 0 Å². The lowest BCUT2D eigenvalue weighted by Gasteiger charge is -2.33. The van der Waals surface area contributed by atoms with Crippen molar-refractivity contribution in [2.75, 3.05) is 19.6 Å². The van der Waals surface area contributed by atoms with Gasteiger partial charge in [0.25, 0.3) is 0 Å². The Morgan fingerprint density at radius 1 is 1.67 bits per heavy atom. The van der Waals surface area contributed by atoms with Gasteiger partial charge in [-0.2, -0.15) is 0 Å². The molecule has 1 aliphatic rings. The molecule has 1 N–H and O–H groups in total. The minimum atomic E-state index is 0. The molecule has 86 valence electrons. The second-order valence-electron chi connectivity index (χ2n) is 3.72. The van der Waals surface area contributed by atoms with E-state index in [0.29, 0.717) is 6.04 Å². The monoisotopic (exact) mass is 266 g/mol. The first kappa shape index (κ1) is 13.3. The van der Waals surface area contributed by atoms with Gasteiger partial charge in [-0.3, -0.25) is 4.90 Å². The van der Waals surface area contributed by atoms with Crippen LogP contribution in [0.5, 0.6) is 0 Å². The van der Waals surface area contributed by atoms with Crippen LogP contribution in [0.2, 0.25) is 5.02 Å². The van der Waals surface area contributed by atoms with Gasteiger partial charge in [-0.1, -0.05) is 11.6 Å². The van der Waals surface area contributed by atoms with Gasteiger partial charge in [-0.25, -0.2) is 0 Å². The van der Waals surface area contributed by atoms with Gasteiger partial charge in [0, 0.05) is 37.1 Å². The minimum Gasteiger partial charge on any atom is -0.314 e. The maximum absolute atomic E-state index is 6.07. The first-order chi connectivity index (χ1) is 6.77. The molecule has 2 nitrogen and oxygen atoms in total. The average Bonchev–Trinajstić information content (AvgIpc) is 2.56. The maximum atomic E-state index is 6.07. The molecule has 15 heavy (non-hydrogen) atoms. The van der Waals surface area contributed by atoms with Crippen LogP contribution in [-0.4, -0.2) is 30.6 Å². The van der Waals surface area contributed by atoms with Crippen molar-refractivity contribution in [2.45, 2.75) is 19.5 Å². The normalized spacial score (nSPS) is 22.4. The van der Waals surface area contributed by atoms with Gasteiger partial charge in [0.05, 0.1) is 5.02 Å². The summed E-state index contributed by atoms with van der Waals surface area (Å²) in [6.45, 7) is 6.55. The molecule has 1 fully saturated rings. The summed E-state index contributed by atoms with van der Waals surface area (Å²) in [6, 6.07) is 2.59. The molecule has 1 aliphatic heterocycles. The van der Waals surface area contributed by atoms with Crippen molar-refractivity contribution in [3.63, 3.8) is 0 Å². The Balaban J connectivity index is 0.00000112. The molecule has 1 saturated heterocycles. The van der Waals surface area contributed by atoms with Gasteiger partial charge in [0.2, 0.25) is 0 Å². The van der Waals surface area contributed by atoms with E-state index in [2.05, 4.69) is 22.5 Å².